The minimum absolute atomic E-state index is 0.185. The van der Waals surface area contributed by atoms with Crippen LogP contribution in [0.3, 0.4) is 0 Å². The van der Waals surface area contributed by atoms with Gasteiger partial charge in [0.1, 0.15) is 13.2 Å². The zero-order chi connectivity index (χ0) is 28.6. The number of rotatable bonds is 9. The fourth-order valence-corrected chi connectivity index (χ4v) is 5.13. The van der Waals surface area contributed by atoms with Crippen LogP contribution < -0.4 is 25.8 Å². The van der Waals surface area contributed by atoms with Crippen molar-refractivity contribution in [2.75, 3.05) is 55.8 Å². The Balaban J connectivity index is 1.23. The van der Waals surface area contributed by atoms with Gasteiger partial charge in [-0.3, -0.25) is 4.79 Å². The number of nitrogens with zero attached hydrogens (tertiary/aromatic N) is 2. The molecule has 3 amide bonds. The number of anilines is 3. The van der Waals surface area contributed by atoms with E-state index >= 15 is 0 Å². The summed E-state index contributed by atoms with van der Waals surface area (Å²) in [7, 11) is 0. The summed E-state index contributed by atoms with van der Waals surface area (Å²) < 4.78 is 11.3. The van der Waals surface area contributed by atoms with Gasteiger partial charge < -0.3 is 35.6 Å². The zero-order valence-corrected chi connectivity index (χ0v) is 23.6. The van der Waals surface area contributed by atoms with Crippen LogP contribution in [0.1, 0.15) is 42.1 Å². The summed E-state index contributed by atoms with van der Waals surface area (Å²) in [6.45, 7) is 7.53. The first-order chi connectivity index (χ1) is 19.9. The number of ether oxygens (including phenoxy) is 2. The molecule has 2 aliphatic rings. The van der Waals surface area contributed by atoms with E-state index in [-0.39, 0.29) is 11.9 Å². The molecule has 0 aromatic heterocycles. The Morgan fingerprint density at radius 2 is 1.68 bits per heavy atom. The molecule has 2 heterocycles. The molecule has 9 heteroatoms. The van der Waals surface area contributed by atoms with Crippen molar-refractivity contribution >= 4 is 29.0 Å². The molecular formula is C32H39N5O4. The highest BCUT2D eigenvalue weighted by Gasteiger charge is 2.19. The van der Waals surface area contributed by atoms with E-state index in [0.29, 0.717) is 60.4 Å². The molecule has 5 rings (SSSR count). The van der Waals surface area contributed by atoms with E-state index in [1.807, 2.05) is 41.3 Å². The fourth-order valence-electron chi connectivity index (χ4n) is 5.13. The van der Waals surface area contributed by atoms with Crippen molar-refractivity contribution in [3.63, 3.8) is 0 Å². The summed E-state index contributed by atoms with van der Waals surface area (Å²) in [6, 6.07) is 19.7. The van der Waals surface area contributed by atoms with Gasteiger partial charge >= 0.3 is 6.03 Å². The molecule has 1 fully saturated rings. The smallest absolute Gasteiger partial charge is 0.322 e. The van der Waals surface area contributed by atoms with E-state index < -0.39 is 0 Å². The highest BCUT2D eigenvalue weighted by atomic mass is 16.6. The molecule has 0 aliphatic carbocycles. The van der Waals surface area contributed by atoms with E-state index in [1.165, 1.54) is 12.8 Å². The van der Waals surface area contributed by atoms with Crippen LogP contribution in [0.2, 0.25) is 0 Å². The molecular weight excluding hydrogens is 518 g/mol. The maximum atomic E-state index is 13.5. The second kappa shape index (κ2) is 13.4. The summed E-state index contributed by atoms with van der Waals surface area (Å²) in [5.41, 5.74) is 9.15. The molecule has 3 aromatic carbocycles. The van der Waals surface area contributed by atoms with Gasteiger partial charge in [-0.2, -0.15) is 0 Å². The number of piperidine rings is 1. The Morgan fingerprint density at radius 3 is 2.44 bits per heavy atom. The molecule has 41 heavy (non-hydrogen) atoms. The number of carbonyl (C=O) groups is 2. The van der Waals surface area contributed by atoms with Crippen LogP contribution in [-0.2, 0) is 6.54 Å². The van der Waals surface area contributed by atoms with Crippen molar-refractivity contribution in [2.24, 2.45) is 5.92 Å². The van der Waals surface area contributed by atoms with Crippen molar-refractivity contribution in [1.82, 2.24) is 9.80 Å². The van der Waals surface area contributed by atoms with Crippen LogP contribution in [0, 0.1) is 5.92 Å². The van der Waals surface area contributed by atoms with E-state index in [9.17, 15) is 9.59 Å². The van der Waals surface area contributed by atoms with E-state index in [2.05, 4.69) is 22.5 Å². The maximum absolute atomic E-state index is 13.5. The van der Waals surface area contributed by atoms with Crippen LogP contribution in [0.4, 0.5) is 21.9 Å². The summed E-state index contributed by atoms with van der Waals surface area (Å²) in [5, 5.41) is 5.88. The molecule has 0 atom stereocenters. The number of nitrogen functional groups attached to an aromatic ring is 1. The summed E-state index contributed by atoms with van der Waals surface area (Å²) in [4.78, 5) is 30.5. The quantitative estimate of drug-likeness (QED) is 0.302. The molecule has 216 valence electrons. The van der Waals surface area contributed by atoms with E-state index in [0.717, 1.165) is 37.5 Å². The summed E-state index contributed by atoms with van der Waals surface area (Å²) in [5.74, 6) is 1.86. The van der Waals surface area contributed by atoms with Crippen molar-refractivity contribution in [1.29, 1.82) is 0 Å². The minimum Gasteiger partial charge on any atom is -0.486 e. The van der Waals surface area contributed by atoms with Gasteiger partial charge in [-0.1, -0.05) is 31.2 Å². The highest BCUT2D eigenvalue weighted by Crippen LogP contribution is 2.32. The zero-order valence-electron chi connectivity index (χ0n) is 23.6. The van der Waals surface area contributed by atoms with Crippen molar-refractivity contribution in [3.8, 4) is 11.5 Å². The van der Waals surface area contributed by atoms with Crippen LogP contribution in [0.15, 0.2) is 66.7 Å². The fraction of sp³-hybridized carbons (Fsp3) is 0.375. The number of para-hydroxylation sites is 2. The number of benzene rings is 3. The van der Waals surface area contributed by atoms with Gasteiger partial charge in [-0.15, -0.1) is 0 Å². The van der Waals surface area contributed by atoms with Gasteiger partial charge in [0.15, 0.2) is 11.5 Å². The lowest BCUT2D eigenvalue weighted by atomic mass is 9.99. The van der Waals surface area contributed by atoms with Crippen molar-refractivity contribution in [2.45, 2.75) is 32.7 Å². The Labute approximate surface area is 241 Å². The Kier molecular flexibility index (Phi) is 9.26. The molecule has 9 nitrogen and oxygen atoms in total. The number of amides is 3. The van der Waals surface area contributed by atoms with Gasteiger partial charge in [0.25, 0.3) is 5.91 Å². The van der Waals surface area contributed by atoms with Crippen LogP contribution in [0.5, 0.6) is 11.5 Å². The Morgan fingerprint density at radius 1 is 0.951 bits per heavy atom. The predicted octanol–water partition coefficient (Wildman–Crippen LogP) is 5.45. The number of nitrogens with one attached hydrogen (secondary N) is 2. The monoisotopic (exact) mass is 557 g/mol. The molecule has 4 N–H and O–H groups in total. The number of carbonyl (C=O) groups excluding carboxylic acids is 2. The second-order valence-corrected chi connectivity index (χ2v) is 10.8. The lowest BCUT2D eigenvalue weighted by molar-refractivity contribution is 0.102. The lowest BCUT2D eigenvalue weighted by Gasteiger charge is -2.31. The average molecular weight is 558 g/mol. The lowest BCUT2D eigenvalue weighted by Crippen LogP contribution is -2.38. The number of hydrogen-bond acceptors (Lipinski definition) is 6. The third-order valence-electron chi connectivity index (χ3n) is 7.66. The van der Waals surface area contributed by atoms with Gasteiger partial charge in [0.05, 0.1) is 11.4 Å². The minimum atomic E-state index is -0.237. The molecule has 0 saturated carbocycles. The number of nitrogens with two attached hydrogens (primary N) is 1. The SMILES string of the molecule is CC1CCN(CCCN(Cc2ccc(C(=O)Nc3ccccc3N)cc2)C(=O)Nc2ccc3c(c2)OCCO3)CC1. The first-order valence-electron chi connectivity index (χ1n) is 14.4. The number of urea groups is 1. The van der Waals surface area contributed by atoms with Gasteiger partial charge in [-0.25, -0.2) is 4.79 Å². The third kappa shape index (κ3) is 7.70. The molecule has 2 aliphatic heterocycles. The van der Waals surface area contributed by atoms with Crippen molar-refractivity contribution < 1.29 is 19.1 Å². The molecule has 0 unspecified atom stereocenters. The number of likely N-dealkylation sites (tertiary alicyclic amines) is 1. The Bertz CT molecular complexity index is 1340. The van der Waals surface area contributed by atoms with E-state index in [4.69, 9.17) is 15.2 Å². The highest BCUT2D eigenvalue weighted by molar-refractivity contribution is 6.05. The number of hydrogen-bond donors (Lipinski definition) is 3. The Hall–Kier alpha value is -4.24. The molecule has 1 saturated heterocycles. The summed E-state index contributed by atoms with van der Waals surface area (Å²) in [6.07, 6.45) is 3.33. The van der Waals surface area contributed by atoms with Crippen LogP contribution in [-0.4, -0.2) is 61.1 Å². The predicted molar refractivity (Wildman–Crippen MR) is 162 cm³/mol. The first-order valence-corrected chi connectivity index (χ1v) is 14.4. The normalized spacial score (nSPS) is 15.2. The van der Waals surface area contributed by atoms with Crippen molar-refractivity contribution in [3.05, 3.63) is 77.9 Å². The summed E-state index contributed by atoms with van der Waals surface area (Å²) >= 11 is 0. The standard InChI is InChI=1S/C32H39N5O4/c1-23-13-17-36(18-14-23)15-4-16-37(32(39)34-26-11-12-29-30(21-26)41-20-19-40-29)22-24-7-9-25(10-8-24)31(38)35-28-6-3-2-5-27(28)33/h2-3,5-12,21,23H,4,13-20,22,33H2,1H3,(H,34,39)(H,35,38). The number of fused-ring (bicyclic) bond motifs is 1. The first kappa shape index (κ1) is 28.3. The van der Waals surface area contributed by atoms with Gasteiger partial charge in [0.2, 0.25) is 0 Å². The average Bonchev–Trinajstić information content (AvgIpc) is 2.99. The maximum Gasteiger partial charge on any atom is 0.322 e. The topological polar surface area (TPSA) is 109 Å². The molecule has 3 aromatic rings. The van der Waals surface area contributed by atoms with Crippen LogP contribution in [0.25, 0.3) is 0 Å². The van der Waals surface area contributed by atoms with Gasteiger partial charge in [0, 0.05) is 30.4 Å². The second-order valence-electron chi connectivity index (χ2n) is 10.8. The van der Waals surface area contributed by atoms with E-state index in [1.54, 1.807) is 30.3 Å². The molecule has 0 spiro atoms. The largest absolute Gasteiger partial charge is 0.486 e. The van der Waals surface area contributed by atoms with Gasteiger partial charge in [-0.05, 0) is 86.8 Å². The third-order valence-corrected chi connectivity index (χ3v) is 7.66. The van der Waals surface area contributed by atoms with Crippen LogP contribution >= 0.6 is 0 Å². The molecule has 0 bridgehead atoms. The molecule has 0 radical (unpaired) electrons.